The van der Waals surface area contributed by atoms with Crippen LogP contribution in [0.3, 0.4) is 0 Å². The molecule has 150 valence electrons. The zero-order valence-corrected chi connectivity index (χ0v) is 17.6. The number of hydrogen-bond donors (Lipinski definition) is 1. The van der Waals surface area contributed by atoms with E-state index in [1.807, 2.05) is 66.9 Å². The first-order chi connectivity index (χ1) is 14.0. The third kappa shape index (κ3) is 4.86. The van der Waals surface area contributed by atoms with Crippen LogP contribution in [0.15, 0.2) is 66.3 Å². The van der Waals surface area contributed by atoms with Gasteiger partial charge in [-0.3, -0.25) is 9.36 Å². The molecule has 0 aliphatic heterocycles. The van der Waals surface area contributed by atoms with E-state index >= 15 is 0 Å². The molecule has 0 fully saturated rings. The van der Waals surface area contributed by atoms with Gasteiger partial charge in [0.2, 0.25) is 5.91 Å². The summed E-state index contributed by atoms with van der Waals surface area (Å²) in [5.74, 6) is 1.25. The van der Waals surface area contributed by atoms with E-state index in [1.165, 1.54) is 11.8 Å². The van der Waals surface area contributed by atoms with Crippen molar-refractivity contribution < 1.29 is 9.53 Å². The van der Waals surface area contributed by atoms with Gasteiger partial charge in [-0.05, 0) is 31.5 Å². The van der Waals surface area contributed by atoms with Crippen molar-refractivity contribution in [3.05, 3.63) is 66.7 Å². The Hall–Kier alpha value is -3.06. The zero-order valence-electron chi connectivity index (χ0n) is 16.8. The summed E-state index contributed by atoms with van der Waals surface area (Å²) in [5.41, 5.74) is 2.66. The maximum atomic E-state index is 12.8. The molecule has 29 heavy (non-hydrogen) atoms. The molecule has 1 N–H and O–H groups in total. The molecule has 3 aromatic rings. The maximum absolute atomic E-state index is 12.8. The van der Waals surface area contributed by atoms with Gasteiger partial charge in [0, 0.05) is 12.1 Å². The molecule has 0 unspecified atom stereocenters. The van der Waals surface area contributed by atoms with Gasteiger partial charge in [-0.1, -0.05) is 54.2 Å². The van der Waals surface area contributed by atoms with Gasteiger partial charge in [0.1, 0.15) is 5.75 Å². The highest BCUT2D eigenvalue weighted by Crippen LogP contribution is 2.29. The van der Waals surface area contributed by atoms with Crippen LogP contribution in [-0.4, -0.2) is 33.0 Å². The lowest BCUT2D eigenvalue weighted by molar-refractivity contribution is -0.115. The molecule has 1 atom stereocenters. The Kier molecular flexibility index (Phi) is 6.72. The number of carbonyl (C=O) groups is 1. The van der Waals surface area contributed by atoms with E-state index in [9.17, 15) is 4.79 Å². The van der Waals surface area contributed by atoms with E-state index in [4.69, 9.17) is 4.74 Å². The van der Waals surface area contributed by atoms with Crippen molar-refractivity contribution in [2.75, 3.05) is 12.4 Å². The summed E-state index contributed by atoms with van der Waals surface area (Å²) in [7, 11) is 1.58. The van der Waals surface area contributed by atoms with Gasteiger partial charge < -0.3 is 10.1 Å². The van der Waals surface area contributed by atoms with Crippen molar-refractivity contribution in [3.8, 4) is 17.1 Å². The van der Waals surface area contributed by atoms with E-state index in [0.717, 1.165) is 17.0 Å². The molecule has 1 aromatic heterocycles. The number of rotatable bonds is 8. The predicted molar refractivity (Wildman–Crippen MR) is 117 cm³/mol. The molecule has 0 radical (unpaired) electrons. The van der Waals surface area contributed by atoms with Crippen molar-refractivity contribution in [1.82, 2.24) is 14.8 Å². The van der Waals surface area contributed by atoms with Gasteiger partial charge in [-0.2, -0.15) is 0 Å². The summed E-state index contributed by atoms with van der Waals surface area (Å²) in [6.45, 7) is 8.20. The van der Waals surface area contributed by atoms with E-state index in [2.05, 4.69) is 22.1 Å². The monoisotopic (exact) mass is 408 g/mol. The minimum Gasteiger partial charge on any atom is -0.495 e. The predicted octanol–water partition coefficient (Wildman–Crippen LogP) is 4.57. The lowest BCUT2D eigenvalue weighted by Crippen LogP contribution is -2.23. The normalized spacial score (nSPS) is 11.7. The summed E-state index contributed by atoms with van der Waals surface area (Å²) in [6, 6.07) is 15.5. The van der Waals surface area contributed by atoms with Crippen LogP contribution in [-0.2, 0) is 11.3 Å². The molecule has 0 aliphatic carbocycles. The Balaban J connectivity index is 1.79. The number of hydrogen-bond acceptors (Lipinski definition) is 5. The molecule has 7 heteroatoms. The lowest BCUT2D eigenvalue weighted by atomic mass is 10.2. The lowest BCUT2D eigenvalue weighted by Gasteiger charge is -2.15. The van der Waals surface area contributed by atoms with Crippen molar-refractivity contribution in [3.63, 3.8) is 0 Å². The van der Waals surface area contributed by atoms with Gasteiger partial charge >= 0.3 is 0 Å². The van der Waals surface area contributed by atoms with Crippen molar-refractivity contribution >= 4 is 23.4 Å². The molecular weight excluding hydrogens is 384 g/mol. The summed E-state index contributed by atoms with van der Waals surface area (Å²) >= 11 is 1.36. The molecule has 0 aliphatic rings. The summed E-state index contributed by atoms with van der Waals surface area (Å²) in [6.07, 6.45) is 1.79. The minimum absolute atomic E-state index is 0.131. The first-order valence-corrected chi connectivity index (χ1v) is 10.1. The van der Waals surface area contributed by atoms with Crippen molar-refractivity contribution in [1.29, 1.82) is 0 Å². The van der Waals surface area contributed by atoms with Crippen LogP contribution in [0.2, 0.25) is 0 Å². The Bertz CT molecular complexity index is 1000. The molecule has 1 heterocycles. The number of allylic oxidation sites excluding steroid dienone is 1. The Morgan fingerprint density at radius 3 is 2.72 bits per heavy atom. The Morgan fingerprint density at radius 2 is 2.03 bits per heavy atom. The van der Waals surface area contributed by atoms with Crippen LogP contribution < -0.4 is 10.1 Å². The fourth-order valence-electron chi connectivity index (χ4n) is 2.84. The minimum atomic E-state index is -0.378. The SMILES string of the molecule is C=CCn1c(S[C@H](C)C(=O)Nc2cc(C)ccc2OC)nnc1-c1ccccc1. The average molecular weight is 409 g/mol. The topological polar surface area (TPSA) is 69.0 Å². The first kappa shape index (κ1) is 20.7. The number of amides is 1. The van der Waals surface area contributed by atoms with Crippen molar-refractivity contribution in [2.24, 2.45) is 0 Å². The fourth-order valence-corrected chi connectivity index (χ4v) is 3.69. The van der Waals surface area contributed by atoms with E-state index < -0.39 is 0 Å². The molecular formula is C22H24N4O2S. The van der Waals surface area contributed by atoms with Gasteiger partial charge in [0.25, 0.3) is 0 Å². The number of methoxy groups -OCH3 is 1. The summed E-state index contributed by atoms with van der Waals surface area (Å²) < 4.78 is 7.31. The molecule has 0 spiro atoms. The van der Waals surface area contributed by atoms with Gasteiger partial charge in [-0.15, -0.1) is 16.8 Å². The van der Waals surface area contributed by atoms with Crippen LogP contribution in [0.1, 0.15) is 12.5 Å². The van der Waals surface area contributed by atoms with Gasteiger partial charge in [0.15, 0.2) is 11.0 Å². The number of aryl methyl sites for hydroxylation is 1. The highest BCUT2D eigenvalue weighted by atomic mass is 32.2. The molecule has 0 bridgehead atoms. The van der Waals surface area contributed by atoms with Crippen LogP contribution in [0.25, 0.3) is 11.4 Å². The second kappa shape index (κ2) is 9.43. The first-order valence-electron chi connectivity index (χ1n) is 9.25. The number of carbonyl (C=O) groups excluding carboxylic acids is 1. The smallest absolute Gasteiger partial charge is 0.237 e. The fraction of sp³-hybridized carbons (Fsp3) is 0.227. The van der Waals surface area contributed by atoms with Crippen LogP contribution in [0.4, 0.5) is 5.69 Å². The molecule has 2 aromatic carbocycles. The third-order valence-corrected chi connectivity index (χ3v) is 5.41. The number of nitrogens with one attached hydrogen (secondary N) is 1. The second-order valence-corrected chi connectivity index (χ2v) is 7.83. The van der Waals surface area contributed by atoms with Gasteiger partial charge in [0.05, 0.1) is 18.0 Å². The quantitative estimate of drug-likeness (QED) is 0.437. The number of nitrogens with zero attached hydrogens (tertiary/aromatic N) is 3. The molecule has 0 saturated carbocycles. The number of ether oxygens (including phenoxy) is 1. The summed E-state index contributed by atoms with van der Waals surface area (Å²) in [4.78, 5) is 12.8. The number of aromatic nitrogens is 3. The molecule has 3 rings (SSSR count). The van der Waals surface area contributed by atoms with Crippen LogP contribution >= 0.6 is 11.8 Å². The van der Waals surface area contributed by atoms with Gasteiger partial charge in [-0.25, -0.2) is 0 Å². The van der Waals surface area contributed by atoms with Crippen LogP contribution in [0.5, 0.6) is 5.75 Å². The number of thioether (sulfide) groups is 1. The maximum Gasteiger partial charge on any atom is 0.237 e. The zero-order chi connectivity index (χ0) is 20.8. The highest BCUT2D eigenvalue weighted by Gasteiger charge is 2.21. The molecule has 1 amide bonds. The van der Waals surface area contributed by atoms with Crippen molar-refractivity contribution in [2.45, 2.75) is 30.8 Å². The Labute approximate surface area is 175 Å². The number of benzene rings is 2. The van der Waals surface area contributed by atoms with E-state index in [-0.39, 0.29) is 11.2 Å². The molecule has 6 nitrogen and oxygen atoms in total. The number of anilines is 1. The highest BCUT2D eigenvalue weighted by molar-refractivity contribution is 8.00. The second-order valence-electron chi connectivity index (χ2n) is 6.52. The molecule has 0 saturated heterocycles. The average Bonchev–Trinajstić information content (AvgIpc) is 3.11. The van der Waals surface area contributed by atoms with Crippen LogP contribution in [0, 0.1) is 6.92 Å². The van der Waals surface area contributed by atoms with E-state index in [1.54, 1.807) is 13.2 Å². The standard InChI is InChI=1S/C22H24N4O2S/c1-5-13-26-20(17-9-7-6-8-10-17)24-25-22(26)29-16(3)21(27)23-18-14-15(2)11-12-19(18)28-4/h5-12,14,16H,1,13H2,2-4H3,(H,23,27)/t16-/m1/s1. The largest absolute Gasteiger partial charge is 0.495 e. The Morgan fingerprint density at radius 1 is 1.28 bits per heavy atom. The van der Waals surface area contributed by atoms with E-state index in [0.29, 0.717) is 23.1 Å². The summed E-state index contributed by atoms with van der Waals surface area (Å²) in [5, 5.41) is 11.9. The third-order valence-electron chi connectivity index (χ3n) is 4.32.